The minimum Gasteiger partial charge on any atom is -0.495 e. The van der Waals surface area contributed by atoms with E-state index < -0.39 is 28.5 Å². The maximum atomic E-state index is 12.8. The molecule has 194 valence electrons. The molecule has 5 aromatic rings. The third-order valence-corrected chi connectivity index (χ3v) is 8.60. The van der Waals surface area contributed by atoms with Crippen LogP contribution in [0, 0.1) is 0 Å². The molecule has 0 saturated heterocycles. The van der Waals surface area contributed by atoms with Gasteiger partial charge < -0.3 is 19.2 Å². The van der Waals surface area contributed by atoms with E-state index in [0.29, 0.717) is 26.9 Å². The predicted molar refractivity (Wildman–Crippen MR) is 146 cm³/mol. The number of furan rings is 1. The summed E-state index contributed by atoms with van der Waals surface area (Å²) in [4.78, 5) is 25.4. The first-order chi connectivity index (χ1) is 18.2. The second kappa shape index (κ2) is 10.4. The van der Waals surface area contributed by atoms with Gasteiger partial charge in [-0.15, -0.1) is 11.3 Å². The van der Waals surface area contributed by atoms with Gasteiger partial charge in [-0.3, -0.25) is 9.52 Å². The summed E-state index contributed by atoms with van der Waals surface area (Å²) in [5.74, 6) is -1.11. The van der Waals surface area contributed by atoms with Gasteiger partial charge in [-0.25, -0.2) is 13.2 Å². The monoisotopic (exact) mass is 570 g/mol. The van der Waals surface area contributed by atoms with E-state index in [0.717, 1.165) is 22.1 Å². The highest BCUT2D eigenvalue weighted by Crippen LogP contribution is 2.36. The third-order valence-electron chi connectivity index (χ3n) is 5.51. The number of benzene rings is 3. The highest BCUT2D eigenvalue weighted by Gasteiger charge is 2.22. The number of amides is 1. The molecule has 0 aliphatic rings. The molecule has 38 heavy (non-hydrogen) atoms. The standard InChI is InChI=1S/C26H19ClN2O7S2/c1-34-22-12-17-15-6-3-5-9-20(15)36-21(17)13-19(22)28-24(30)14-35-26(31)16-7-2-4-8-18(16)29-38(32,33)25-11-10-23(27)37-25/h2-13,29H,14H2,1H3,(H,28,30). The number of methoxy groups -OCH3 is 1. The quantitative estimate of drug-likeness (QED) is 0.222. The second-order valence-corrected chi connectivity index (χ2v) is 11.6. The van der Waals surface area contributed by atoms with Gasteiger partial charge >= 0.3 is 5.97 Å². The molecule has 0 fully saturated rings. The zero-order valence-electron chi connectivity index (χ0n) is 19.7. The largest absolute Gasteiger partial charge is 0.495 e. The summed E-state index contributed by atoms with van der Waals surface area (Å²) in [6.45, 7) is -0.623. The number of esters is 1. The van der Waals surface area contributed by atoms with E-state index in [-0.39, 0.29) is 15.5 Å². The van der Waals surface area contributed by atoms with Gasteiger partial charge in [0.2, 0.25) is 0 Å². The van der Waals surface area contributed by atoms with Crippen molar-refractivity contribution in [1.82, 2.24) is 0 Å². The van der Waals surface area contributed by atoms with Crippen LogP contribution >= 0.6 is 22.9 Å². The van der Waals surface area contributed by atoms with Gasteiger partial charge in [0.25, 0.3) is 15.9 Å². The van der Waals surface area contributed by atoms with Crippen molar-refractivity contribution in [3.8, 4) is 5.75 Å². The molecule has 5 rings (SSSR count). The number of carbonyl (C=O) groups is 2. The molecule has 0 aliphatic carbocycles. The first-order valence-electron chi connectivity index (χ1n) is 11.1. The smallest absolute Gasteiger partial charge is 0.340 e. The molecule has 0 spiro atoms. The molecule has 1 amide bonds. The van der Waals surface area contributed by atoms with Gasteiger partial charge in [0.15, 0.2) is 6.61 Å². The van der Waals surface area contributed by atoms with Crippen molar-refractivity contribution in [2.24, 2.45) is 0 Å². The summed E-state index contributed by atoms with van der Waals surface area (Å²) >= 11 is 6.72. The topological polar surface area (TPSA) is 124 Å². The molecule has 2 heterocycles. The number of ether oxygens (including phenoxy) is 2. The molecule has 2 N–H and O–H groups in total. The number of fused-ring (bicyclic) bond motifs is 3. The second-order valence-electron chi connectivity index (χ2n) is 7.98. The normalized spacial score (nSPS) is 11.4. The molecule has 2 aromatic heterocycles. The average Bonchev–Trinajstić information content (AvgIpc) is 3.50. The average molecular weight is 571 g/mol. The predicted octanol–water partition coefficient (Wildman–Crippen LogP) is 5.91. The minimum absolute atomic E-state index is 0.000521. The molecule has 0 aliphatic heterocycles. The summed E-state index contributed by atoms with van der Waals surface area (Å²) in [6, 6.07) is 19.6. The fourth-order valence-corrected chi connectivity index (χ4v) is 6.36. The van der Waals surface area contributed by atoms with Crippen LogP contribution in [0.1, 0.15) is 10.4 Å². The molecular weight excluding hydrogens is 552 g/mol. The highest BCUT2D eigenvalue weighted by molar-refractivity contribution is 7.94. The van der Waals surface area contributed by atoms with E-state index >= 15 is 0 Å². The Morgan fingerprint density at radius 1 is 0.947 bits per heavy atom. The van der Waals surface area contributed by atoms with Crippen molar-refractivity contribution < 1.29 is 31.9 Å². The number of para-hydroxylation sites is 2. The van der Waals surface area contributed by atoms with Gasteiger partial charge in [0.1, 0.15) is 21.1 Å². The van der Waals surface area contributed by atoms with E-state index in [1.807, 2.05) is 24.3 Å². The Bertz CT molecular complexity index is 1790. The Balaban J connectivity index is 1.29. The van der Waals surface area contributed by atoms with Crippen molar-refractivity contribution in [1.29, 1.82) is 0 Å². The molecular formula is C26H19ClN2O7S2. The van der Waals surface area contributed by atoms with Crippen LogP contribution in [0.5, 0.6) is 5.75 Å². The van der Waals surface area contributed by atoms with E-state index in [2.05, 4.69) is 10.0 Å². The molecule has 9 nitrogen and oxygen atoms in total. The Hall–Kier alpha value is -4.06. The SMILES string of the molecule is COc1cc2c(cc1NC(=O)COC(=O)c1ccccc1NS(=O)(=O)c1ccc(Cl)s1)oc1ccccc12. The lowest BCUT2D eigenvalue weighted by molar-refractivity contribution is -0.119. The zero-order valence-corrected chi connectivity index (χ0v) is 22.1. The molecule has 0 unspecified atom stereocenters. The highest BCUT2D eigenvalue weighted by atomic mass is 35.5. The fraction of sp³-hybridized carbons (Fsp3) is 0.0769. The lowest BCUT2D eigenvalue weighted by atomic mass is 10.1. The lowest BCUT2D eigenvalue weighted by Gasteiger charge is -2.12. The number of nitrogens with one attached hydrogen (secondary N) is 2. The number of halogens is 1. The van der Waals surface area contributed by atoms with Crippen LogP contribution in [0.15, 0.2) is 81.4 Å². The van der Waals surface area contributed by atoms with Crippen LogP contribution in [0.3, 0.4) is 0 Å². The van der Waals surface area contributed by atoms with E-state index in [1.165, 1.54) is 31.4 Å². The number of anilines is 2. The molecule has 0 atom stereocenters. The van der Waals surface area contributed by atoms with E-state index in [9.17, 15) is 18.0 Å². The van der Waals surface area contributed by atoms with Gasteiger partial charge in [0, 0.05) is 16.8 Å². The Kier molecular flexibility index (Phi) is 6.98. The van der Waals surface area contributed by atoms with Crippen LogP contribution in [-0.4, -0.2) is 34.0 Å². The Labute approximate surface area is 226 Å². The molecule has 0 radical (unpaired) electrons. The zero-order chi connectivity index (χ0) is 26.9. The van der Waals surface area contributed by atoms with Crippen molar-refractivity contribution >= 4 is 78.2 Å². The summed E-state index contributed by atoms with van der Waals surface area (Å²) in [5.41, 5.74) is 1.51. The summed E-state index contributed by atoms with van der Waals surface area (Å²) < 4.78 is 44.5. The summed E-state index contributed by atoms with van der Waals surface area (Å²) in [7, 11) is -2.51. The van der Waals surface area contributed by atoms with Crippen molar-refractivity contribution in [3.05, 3.63) is 82.7 Å². The van der Waals surface area contributed by atoms with Crippen LogP contribution in [0.2, 0.25) is 4.34 Å². The Morgan fingerprint density at radius 3 is 2.47 bits per heavy atom. The Morgan fingerprint density at radius 2 is 1.71 bits per heavy atom. The summed E-state index contributed by atoms with van der Waals surface area (Å²) in [5, 5.41) is 4.39. The molecule has 12 heteroatoms. The molecule has 3 aromatic carbocycles. The first-order valence-corrected chi connectivity index (χ1v) is 13.8. The van der Waals surface area contributed by atoms with Crippen LogP contribution in [-0.2, 0) is 19.6 Å². The number of carbonyl (C=O) groups excluding carboxylic acids is 2. The van der Waals surface area contributed by atoms with Crippen molar-refractivity contribution in [2.45, 2.75) is 4.21 Å². The van der Waals surface area contributed by atoms with Crippen molar-refractivity contribution in [3.63, 3.8) is 0 Å². The number of hydrogen-bond acceptors (Lipinski definition) is 8. The lowest BCUT2D eigenvalue weighted by Crippen LogP contribution is -2.22. The van der Waals surface area contributed by atoms with Gasteiger partial charge in [0.05, 0.1) is 28.4 Å². The number of hydrogen-bond donors (Lipinski definition) is 2. The van der Waals surface area contributed by atoms with Crippen LogP contribution < -0.4 is 14.8 Å². The minimum atomic E-state index is -3.98. The van der Waals surface area contributed by atoms with E-state index in [4.69, 9.17) is 25.5 Å². The van der Waals surface area contributed by atoms with Crippen LogP contribution in [0.4, 0.5) is 11.4 Å². The van der Waals surface area contributed by atoms with Crippen molar-refractivity contribution in [2.75, 3.05) is 23.8 Å². The number of sulfonamides is 1. The van der Waals surface area contributed by atoms with Gasteiger partial charge in [-0.1, -0.05) is 41.9 Å². The maximum Gasteiger partial charge on any atom is 0.340 e. The van der Waals surface area contributed by atoms with Gasteiger partial charge in [-0.05, 0) is 36.4 Å². The maximum absolute atomic E-state index is 12.8. The number of rotatable bonds is 8. The fourth-order valence-electron chi connectivity index (χ4n) is 3.80. The number of thiophene rings is 1. The van der Waals surface area contributed by atoms with Crippen LogP contribution in [0.25, 0.3) is 21.9 Å². The first kappa shape index (κ1) is 25.6. The summed E-state index contributed by atoms with van der Waals surface area (Å²) in [6.07, 6.45) is 0. The van der Waals surface area contributed by atoms with Gasteiger partial charge in [-0.2, -0.15) is 0 Å². The van der Waals surface area contributed by atoms with E-state index in [1.54, 1.807) is 24.3 Å². The molecule has 0 bridgehead atoms. The molecule has 0 saturated carbocycles. The third kappa shape index (κ3) is 5.17.